The highest BCUT2D eigenvalue weighted by molar-refractivity contribution is 6.35. The van der Waals surface area contributed by atoms with Crippen molar-refractivity contribution in [3.05, 3.63) is 51.5 Å². The molecule has 2 aromatic rings. The van der Waals surface area contributed by atoms with Crippen LogP contribution in [0, 0.1) is 6.92 Å². The molecule has 0 aliphatic rings. The second kappa shape index (κ2) is 6.24. The fourth-order valence-electron chi connectivity index (χ4n) is 1.90. The zero-order valence-corrected chi connectivity index (χ0v) is 13.0. The number of benzene rings is 2. The SMILES string of the molecule is COC(=O)c1cc(Nc2cc(Cl)ccc2Cl)cc(C)c1N. The van der Waals surface area contributed by atoms with Gasteiger partial charge in [-0.25, -0.2) is 4.79 Å². The Balaban J connectivity index is 2.43. The van der Waals surface area contributed by atoms with E-state index < -0.39 is 5.97 Å². The Labute approximate surface area is 132 Å². The lowest BCUT2D eigenvalue weighted by molar-refractivity contribution is 0.0602. The highest BCUT2D eigenvalue weighted by Crippen LogP contribution is 2.31. The van der Waals surface area contributed by atoms with E-state index in [-0.39, 0.29) is 0 Å². The number of hydrogen-bond donors (Lipinski definition) is 2. The molecule has 0 aromatic heterocycles. The zero-order valence-electron chi connectivity index (χ0n) is 11.5. The maximum Gasteiger partial charge on any atom is 0.340 e. The molecular weight excluding hydrogens is 311 g/mol. The molecule has 0 aliphatic heterocycles. The van der Waals surface area contributed by atoms with Gasteiger partial charge in [-0.05, 0) is 42.8 Å². The van der Waals surface area contributed by atoms with Crippen LogP contribution in [0.25, 0.3) is 0 Å². The number of methoxy groups -OCH3 is 1. The molecule has 0 radical (unpaired) electrons. The third-order valence-electron chi connectivity index (χ3n) is 3.00. The Kier molecular flexibility index (Phi) is 4.60. The van der Waals surface area contributed by atoms with Crippen LogP contribution < -0.4 is 11.1 Å². The van der Waals surface area contributed by atoms with Crippen LogP contribution in [-0.2, 0) is 4.74 Å². The van der Waals surface area contributed by atoms with Gasteiger partial charge in [0.2, 0.25) is 0 Å². The number of nitrogen functional groups attached to an aromatic ring is 1. The third-order valence-corrected chi connectivity index (χ3v) is 3.56. The summed E-state index contributed by atoms with van der Waals surface area (Å²) in [4.78, 5) is 11.7. The molecule has 0 saturated carbocycles. The molecule has 0 aliphatic carbocycles. The molecule has 110 valence electrons. The first-order valence-corrected chi connectivity index (χ1v) is 6.88. The summed E-state index contributed by atoms with van der Waals surface area (Å²) < 4.78 is 4.73. The number of halogens is 2. The van der Waals surface area contributed by atoms with Crippen molar-refractivity contribution in [1.29, 1.82) is 0 Å². The second-order valence-corrected chi connectivity index (χ2v) is 5.34. The van der Waals surface area contributed by atoms with E-state index in [1.165, 1.54) is 7.11 Å². The number of anilines is 3. The van der Waals surface area contributed by atoms with Gasteiger partial charge >= 0.3 is 5.97 Å². The Morgan fingerprint density at radius 3 is 2.62 bits per heavy atom. The number of nitrogens with one attached hydrogen (secondary N) is 1. The Morgan fingerprint density at radius 2 is 1.95 bits per heavy atom. The molecule has 0 heterocycles. The van der Waals surface area contributed by atoms with Crippen molar-refractivity contribution in [2.45, 2.75) is 6.92 Å². The van der Waals surface area contributed by atoms with E-state index in [0.717, 1.165) is 5.56 Å². The smallest absolute Gasteiger partial charge is 0.340 e. The van der Waals surface area contributed by atoms with Gasteiger partial charge in [0, 0.05) is 16.4 Å². The molecule has 4 nitrogen and oxygen atoms in total. The quantitative estimate of drug-likeness (QED) is 0.648. The summed E-state index contributed by atoms with van der Waals surface area (Å²) in [5.74, 6) is -0.489. The first-order valence-electron chi connectivity index (χ1n) is 6.13. The fraction of sp³-hybridized carbons (Fsp3) is 0.133. The maximum absolute atomic E-state index is 11.7. The predicted molar refractivity (Wildman–Crippen MR) is 86.7 cm³/mol. The van der Waals surface area contributed by atoms with Gasteiger partial charge in [0.05, 0.1) is 23.4 Å². The Bertz CT molecular complexity index is 702. The number of ether oxygens (including phenoxy) is 1. The third kappa shape index (κ3) is 3.40. The minimum Gasteiger partial charge on any atom is -0.465 e. The summed E-state index contributed by atoms with van der Waals surface area (Å²) >= 11 is 12.1. The summed E-state index contributed by atoms with van der Waals surface area (Å²) in [7, 11) is 1.31. The molecule has 0 amide bonds. The molecule has 0 atom stereocenters. The number of hydrogen-bond acceptors (Lipinski definition) is 4. The lowest BCUT2D eigenvalue weighted by Crippen LogP contribution is -2.08. The van der Waals surface area contributed by atoms with E-state index in [4.69, 9.17) is 33.7 Å². The number of esters is 1. The highest BCUT2D eigenvalue weighted by Gasteiger charge is 2.14. The summed E-state index contributed by atoms with van der Waals surface area (Å²) in [6.07, 6.45) is 0. The van der Waals surface area contributed by atoms with Crippen molar-refractivity contribution in [2.24, 2.45) is 0 Å². The monoisotopic (exact) mass is 324 g/mol. The van der Waals surface area contributed by atoms with Crippen molar-refractivity contribution < 1.29 is 9.53 Å². The molecule has 6 heteroatoms. The number of rotatable bonds is 3. The standard InChI is InChI=1S/C15H14Cl2N2O2/c1-8-5-10(7-11(14(8)18)15(20)21-2)19-13-6-9(16)3-4-12(13)17/h3-7,19H,18H2,1-2H3. The van der Waals surface area contributed by atoms with Crippen LogP contribution in [0.15, 0.2) is 30.3 Å². The van der Waals surface area contributed by atoms with E-state index in [9.17, 15) is 4.79 Å². The number of aryl methyl sites for hydroxylation is 1. The van der Waals surface area contributed by atoms with Gasteiger partial charge in [-0.2, -0.15) is 0 Å². The molecule has 0 saturated heterocycles. The second-order valence-electron chi connectivity index (χ2n) is 4.50. The fourth-order valence-corrected chi connectivity index (χ4v) is 2.24. The predicted octanol–water partition coefficient (Wildman–Crippen LogP) is 4.41. The van der Waals surface area contributed by atoms with Gasteiger partial charge in [0.1, 0.15) is 0 Å². The summed E-state index contributed by atoms with van der Waals surface area (Å²) in [5, 5.41) is 4.20. The first kappa shape index (κ1) is 15.5. The van der Waals surface area contributed by atoms with E-state index in [1.54, 1.807) is 24.3 Å². The van der Waals surface area contributed by atoms with Crippen LogP contribution in [0.1, 0.15) is 15.9 Å². The topological polar surface area (TPSA) is 64.3 Å². The number of carbonyl (C=O) groups is 1. The van der Waals surface area contributed by atoms with Crippen LogP contribution in [-0.4, -0.2) is 13.1 Å². The maximum atomic E-state index is 11.7. The summed E-state index contributed by atoms with van der Waals surface area (Å²) in [6.45, 7) is 1.81. The Hall–Kier alpha value is -1.91. The van der Waals surface area contributed by atoms with Gasteiger partial charge in [0.25, 0.3) is 0 Å². The van der Waals surface area contributed by atoms with Crippen LogP contribution in [0.5, 0.6) is 0 Å². The van der Waals surface area contributed by atoms with Crippen LogP contribution in [0.3, 0.4) is 0 Å². The highest BCUT2D eigenvalue weighted by atomic mass is 35.5. The normalized spacial score (nSPS) is 10.3. The van der Waals surface area contributed by atoms with E-state index in [2.05, 4.69) is 5.32 Å². The van der Waals surface area contributed by atoms with Crippen LogP contribution in [0.4, 0.5) is 17.1 Å². The van der Waals surface area contributed by atoms with Gasteiger partial charge in [-0.3, -0.25) is 0 Å². The van der Waals surface area contributed by atoms with Gasteiger partial charge in [-0.15, -0.1) is 0 Å². The van der Waals surface area contributed by atoms with Crippen molar-refractivity contribution in [1.82, 2.24) is 0 Å². The van der Waals surface area contributed by atoms with Crippen molar-refractivity contribution in [3.8, 4) is 0 Å². The molecule has 0 spiro atoms. The van der Waals surface area contributed by atoms with Crippen molar-refractivity contribution in [3.63, 3.8) is 0 Å². The lowest BCUT2D eigenvalue weighted by Gasteiger charge is -2.13. The molecule has 2 aromatic carbocycles. The molecule has 0 bridgehead atoms. The summed E-state index contributed by atoms with van der Waals surface area (Å²) in [5.41, 5.74) is 8.67. The lowest BCUT2D eigenvalue weighted by atomic mass is 10.1. The molecule has 0 unspecified atom stereocenters. The molecule has 3 N–H and O–H groups in total. The molecular formula is C15H14Cl2N2O2. The summed E-state index contributed by atoms with van der Waals surface area (Å²) in [6, 6.07) is 8.53. The van der Waals surface area contributed by atoms with E-state index >= 15 is 0 Å². The Morgan fingerprint density at radius 1 is 1.24 bits per heavy atom. The van der Waals surface area contributed by atoms with E-state index in [0.29, 0.717) is 32.7 Å². The average Bonchev–Trinajstić information content (AvgIpc) is 2.45. The van der Waals surface area contributed by atoms with Gasteiger partial charge in [0.15, 0.2) is 0 Å². The minimum absolute atomic E-state index is 0.304. The van der Waals surface area contributed by atoms with Crippen LogP contribution in [0.2, 0.25) is 10.0 Å². The zero-order chi connectivity index (χ0) is 15.6. The number of carbonyl (C=O) groups excluding carboxylic acids is 1. The van der Waals surface area contributed by atoms with Gasteiger partial charge < -0.3 is 15.8 Å². The average molecular weight is 325 g/mol. The largest absolute Gasteiger partial charge is 0.465 e. The number of nitrogens with two attached hydrogens (primary N) is 1. The molecule has 0 fully saturated rings. The van der Waals surface area contributed by atoms with Crippen LogP contribution >= 0.6 is 23.2 Å². The van der Waals surface area contributed by atoms with Crippen molar-refractivity contribution >= 4 is 46.2 Å². The molecule has 21 heavy (non-hydrogen) atoms. The van der Waals surface area contributed by atoms with Gasteiger partial charge in [-0.1, -0.05) is 23.2 Å². The van der Waals surface area contributed by atoms with E-state index in [1.807, 2.05) is 13.0 Å². The van der Waals surface area contributed by atoms with Crippen molar-refractivity contribution in [2.75, 3.05) is 18.2 Å². The minimum atomic E-state index is -0.489. The molecule has 2 rings (SSSR count). The first-order chi connectivity index (χ1) is 9.92.